The van der Waals surface area contributed by atoms with Crippen LogP contribution in [-0.2, 0) is 12.8 Å². The van der Waals surface area contributed by atoms with Crippen molar-refractivity contribution < 1.29 is 9.59 Å². The highest BCUT2D eigenvalue weighted by molar-refractivity contribution is 6.38. The Morgan fingerprint density at radius 1 is 0.964 bits per heavy atom. The molecule has 0 saturated carbocycles. The second kappa shape index (κ2) is 8.15. The van der Waals surface area contributed by atoms with E-state index in [1.165, 1.54) is 11.6 Å². The molecular weight excluding hydrogens is 350 g/mol. The number of pyridine rings is 1. The molecule has 0 radical (unpaired) electrons. The van der Waals surface area contributed by atoms with Gasteiger partial charge in [-0.05, 0) is 49.2 Å². The normalized spacial score (nSPS) is 13.4. The van der Waals surface area contributed by atoms with Crippen molar-refractivity contribution in [1.29, 1.82) is 0 Å². The monoisotopic (exact) mass is 371 g/mol. The van der Waals surface area contributed by atoms with Gasteiger partial charge in [0.1, 0.15) is 0 Å². The predicted octanol–water partition coefficient (Wildman–Crippen LogP) is 3.25. The second-order valence-electron chi connectivity index (χ2n) is 6.79. The summed E-state index contributed by atoms with van der Waals surface area (Å²) in [6.07, 6.45) is 8.07. The number of nitrogens with one attached hydrogen (secondary N) is 2. The third-order valence-corrected chi connectivity index (χ3v) is 4.93. The third-order valence-electron chi connectivity index (χ3n) is 4.93. The van der Waals surface area contributed by atoms with Gasteiger partial charge in [0.25, 0.3) is 0 Å². The molecule has 0 aliphatic heterocycles. The van der Waals surface area contributed by atoms with E-state index in [0.717, 1.165) is 25.1 Å². The van der Waals surface area contributed by atoms with Crippen molar-refractivity contribution in [3.8, 4) is 0 Å². The molecule has 0 atom stereocenters. The van der Waals surface area contributed by atoms with Crippen molar-refractivity contribution in [3.63, 3.8) is 0 Å². The molecule has 4 rings (SSSR count). The molecule has 1 aliphatic rings. The van der Waals surface area contributed by atoms with E-state index in [4.69, 9.17) is 0 Å². The molecule has 0 bridgehead atoms. The molecule has 0 unspecified atom stereocenters. The summed E-state index contributed by atoms with van der Waals surface area (Å²) in [6.45, 7) is 1.61. The van der Waals surface area contributed by atoms with Crippen molar-refractivity contribution in [2.75, 3.05) is 13.1 Å². The van der Waals surface area contributed by atoms with Crippen molar-refractivity contribution in [1.82, 2.24) is 15.3 Å². The number of ketones is 2. The zero-order valence-corrected chi connectivity index (χ0v) is 15.4. The van der Waals surface area contributed by atoms with Gasteiger partial charge in [-0.15, -0.1) is 0 Å². The van der Waals surface area contributed by atoms with Crippen molar-refractivity contribution >= 4 is 17.1 Å². The Morgan fingerprint density at radius 2 is 1.79 bits per heavy atom. The Kier molecular flexibility index (Phi) is 5.26. The summed E-state index contributed by atoms with van der Waals surface area (Å²) < 4.78 is 0. The summed E-state index contributed by atoms with van der Waals surface area (Å²) in [5.74, 6) is -0.292. The van der Waals surface area contributed by atoms with Gasteiger partial charge in [0.2, 0.25) is 5.78 Å². The Labute approximate surface area is 163 Å². The molecular formula is C23H21N3O2. The number of aromatic nitrogens is 2. The van der Waals surface area contributed by atoms with Crippen LogP contribution in [0, 0.1) is 0 Å². The first-order valence-corrected chi connectivity index (χ1v) is 9.40. The minimum atomic E-state index is -0.170. The van der Waals surface area contributed by atoms with Crippen LogP contribution in [0.5, 0.6) is 0 Å². The minimum absolute atomic E-state index is 0.122. The molecule has 2 N–H and O–H groups in total. The molecule has 0 saturated heterocycles. The summed E-state index contributed by atoms with van der Waals surface area (Å²) in [4.78, 5) is 32.5. The lowest BCUT2D eigenvalue weighted by molar-refractivity contribution is 0.0998. The average Bonchev–Trinajstić information content (AvgIpc) is 3.17. The van der Waals surface area contributed by atoms with Crippen LogP contribution in [0.4, 0.5) is 0 Å². The van der Waals surface area contributed by atoms with E-state index in [9.17, 15) is 9.59 Å². The van der Waals surface area contributed by atoms with Crippen molar-refractivity contribution in [2.24, 2.45) is 0 Å². The average molecular weight is 371 g/mol. The highest BCUT2D eigenvalue weighted by Gasteiger charge is 2.30. The van der Waals surface area contributed by atoms with Gasteiger partial charge in [-0.25, -0.2) is 0 Å². The van der Waals surface area contributed by atoms with E-state index in [2.05, 4.69) is 27.4 Å². The SMILES string of the molecule is O=C1C=C(c2cccnc2)C(=O)c2c(CCNCCc3ccccc3)c[nH]c21. The number of rotatable bonds is 7. The van der Waals surface area contributed by atoms with E-state index in [1.54, 1.807) is 30.7 Å². The van der Waals surface area contributed by atoms with Gasteiger partial charge in [0.05, 0.1) is 11.3 Å². The molecule has 0 fully saturated rings. The highest BCUT2D eigenvalue weighted by atomic mass is 16.1. The van der Waals surface area contributed by atoms with Crippen LogP contribution < -0.4 is 5.32 Å². The predicted molar refractivity (Wildman–Crippen MR) is 108 cm³/mol. The quantitative estimate of drug-likeness (QED) is 0.625. The maximum absolute atomic E-state index is 13.0. The first-order chi connectivity index (χ1) is 13.7. The van der Waals surface area contributed by atoms with Crippen LogP contribution in [0.15, 0.2) is 67.1 Å². The van der Waals surface area contributed by atoms with Crippen molar-refractivity contribution in [3.05, 3.63) is 95.1 Å². The van der Waals surface area contributed by atoms with Crippen LogP contribution in [-0.4, -0.2) is 34.6 Å². The van der Waals surface area contributed by atoms with Gasteiger partial charge in [-0.3, -0.25) is 14.6 Å². The highest BCUT2D eigenvalue weighted by Crippen LogP contribution is 2.29. The molecule has 0 amide bonds. The molecule has 3 aromatic rings. The second-order valence-corrected chi connectivity index (χ2v) is 6.79. The number of hydrogen-bond donors (Lipinski definition) is 2. The topological polar surface area (TPSA) is 74.8 Å². The number of fused-ring (bicyclic) bond motifs is 1. The molecule has 140 valence electrons. The number of allylic oxidation sites excluding steroid dienone is 2. The fourth-order valence-corrected chi connectivity index (χ4v) is 3.48. The third kappa shape index (κ3) is 3.70. The lowest BCUT2D eigenvalue weighted by Crippen LogP contribution is -2.22. The number of benzene rings is 1. The van der Waals surface area contributed by atoms with Crippen LogP contribution in [0.2, 0.25) is 0 Å². The number of Topliss-reactive ketones (excluding diaryl/α,β-unsaturated/α-hetero) is 1. The molecule has 2 aromatic heterocycles. The van der Waals surface area contributed by atoms with Crippen LogP contribution in [0.1, 0.15) is 37.5 Å². The van der Waals surface area contributed by atoms with Crippen LogP contribution >= 0.6 is 0 Å². The van der Waals surface area contributed by atoms with Gasteiger partial charge < -0.3 is 10.3 Å². The number of hydrogen-bond acceptors (Lipinski definition) is 4. The summed E-state index contributed by atoms with van der Waals surface area (Å²) in [5.41, 5.74) is 4.12. The Morgan fingerprint density at radius 3 is 2.57 bits per heavy atom. The van der Waals surface area contributed by atoms with E-state index in [1.807, 2.05) is 18.2 Å². The fourth-order valence-electron chi connectivity index (χ4n) is 3.48. The van der Waals surface area contributed by atoms with Gasteiger partial charge in [0.15, 0.2) is 5.78 Å². The lowest BCUT2D eigenvalue weighted by Gasteiger charge is -2.14. The molecule has 5 nitrogen and oxygen atoms in total. The number of aromatic amines is 1. The first-order valence-electron chi connectivity index (χ1n) is 9.40. The minimum Gasteiger partial charge on any atom is -0.358 e. The van der Waals surface area contributed by atoms with Gasteiger partial charge in [-0.2, -0.15) is 0 Å². The maximum Gasteiger partial charge on any atom is 0.203 e. The fraction of sp³-hybridized carbons (Fsp3) is 0.174. The summed E-state index contributed by atoms with van der Waals surface area (Å²) in [6, 6.07) is 13.9. The zero-order chi connectivity index (χ0) is 19.3. The van der Waals surface area contributed by atoms with E-state index in [-0.39, 0.29) is 11.6 Å². The van der Waals surface area contributed by atoms with E-state index in [0.29, 0.717) is 28.8 Å². The maximum atomic E-state index is 13.0. The summed E-state index contributed by atoms with van der Waals surface area (Å²) in [7, 11) is 0. The molecule has 1 aromatic carbocycles. The molecule has 28 heavy (non-hydrogen) atoms. The first kappa shape index (κ1) is 18.1. The Balaban J connectivity index is 1.42. The molecule has 5 heteroatoms. The van der Waals surface area contributed by atoms with E-state index >= 15 is 0 Å². The van der Waals surface area contributed by atoms with Crippen LogP contribution in [0.3, 0.4) is 0 Å². The lowest BCUT2D eigenvalue weighted by atomic mass is 9.88. The largest absolute Gasteiger partial charge is 0.358 e. The number of nitrogens with zero attached hydrogens (tertiary/aromatic N) is 1. The summed E-state index contributed by atoms with van der Waals surface area (Å²) >= 11 is 0. The van der Waals surface area contributed by atoms with Crippen molar-refractivity contribution in [2.45, 2.75) is 12.8 Å². The standard InChI is InChI=1S/C23H21N3O2/c27-20-13-19(17-7-4-10-25-14-17)23(28)21-18(15-26-22(20)21)9-12-24-11-8-16-5-2-1-3-6-16/h1-7,10,13-15,24,26H,8-9,11-12H2. The molecule has 1 aliphatic carbocycles. The van der Waals surface area contributed by atoms with Crippen LogP contribution in [0.25, 0.3) is 5.57 Å². The van der Waals surface area contributed by atoms with Gasteiger partial charge >= 0.3 is 0 Å². The smallest absolute Gasteiger partial charge is 0.203 e. The Bertz CT molecular complexity index is 1020. The zero-order valence-electron chi connectivity index (χ0n) is 15.4. The number of carbonyl (C=O) groups excluding carboxylic acids is 2. The van der Waals surface area contributed by atoms with E-state index < -0.39 is 0 Å². The molecule has 0 spiro atoms. The number of H-pyrrole nitrogens is 1. The number of carbonyl (C=O) groups is 2. The summed E-state index contributed by atoms with van der Waals surface area (Å²) in [5, 5.41) is 3.41. The molecule has 2 heterocycles. The van der Waals surface area contributed by atoms with Gasteiger partial charge in [-0.1, -0.05) is 36.4 Å². The Hall–Kier alpha value is -3.31. The van der Waals surface area contributed by atoms with Gasteiger partial charge in [0, 0.05) is 29.7 Å².